The molecule has 2 aliphatic heterocycles. The minimum Gasteiger partial charge on any atom is -0.477 e. The van der Waals surface area contributed by atoms with Crippen LogP contribution in [0.3, 0.4) is 0 Å². The number of fused-ring (bicyclic) bond motifs is 1. The maximum Gasteiger partial charge on any atom is 0.353 e. The first kappa shape index (κ1) is 23.2. The van der Waals surface area contributed by atoms with Gasteiger partial charge in [-0.3, -0.25) is 14.5 Å². The lowest BCUT2D eigenvalue weighted by molar-refractivity contribution is -0.687. The molecule has 0 radical (unpaired) electrons. The number of aliphatic carboxylic acids is 1. The van der Waals surface area contributed by atoms with Crippen molar-refractivity contribution < 1.29 is 28.9 Å². The van der Waals surface area contributed by atoms with E-state index in [1.54, 1.807) is 18.5 Å². The highest BCUT2D eigenvalue weighted by Crippen LogP contribution is 2.39. The minimum absolute atomic E-state index is 0.0911. The van der Waals surface area contributed by atoms with Crippen molar-refractivity contribution in [1.29, 1.82) is 5.26 Å². The number of hydrogen-bond donors (Lipinski definition) is 3. The molecule has 174 valence electrons. The van der Waals surface area contributed by atoms with Crippen LogP contribution in [0.5, 0.6) is 0 Å². The zero-order chi connectivity index (χ0) is 24.2. The third-order valence-corrected chi connectivity index (χ3v) is 6.86. The van der Waals surface area contributed by atoms with Crippen LogP contribution < -0.4 is 15.6 Å². The highest BCUT2D eigenvalue weighted by atomic mass is 32.2. The number of nitrogens with one attached hydrogen (secondary N) is 1. The van der Waals surface area contributed by atoms with E-state index >= 15 is 0 Å². The van der Waals surface area contributed by atoms with Gasteiger partial charge in [0.05, 0.1) is 10.9 Å². The molecule has 14 heteroatoms. The van der Waals surface area contributed by atoms with E-state index in [4.69, 9.17) is 15.8 Å². The summed E-state index contributed by atoms with van der Waals surface area (Å²) in [4.78, 5) is 48.4. The van der Waals surface area contributed by atoms with E-state index in [1.165, 1.54) is 22.0 Å². The molecule has 4 heterocycles. The zero-order valence-corrected chi connectivity index (χ0v) is 19.1. The van der Waals surface area contributed by atoms with E-state index < -0.39 is 29.9 Å². The van der Waals surface area contributed by atoms with Crippen molar-refractivity contribution in [3.05, 3.63) is 52.3 Å². The molecular weight excluding hydrogens is 482 g/mol. The molecule has 2 amide bonds. The second-order valence-corrected chi connectivity index (χ2v) is 9.11. The van der Waals surface area contributed by atoms with Crippen molar-refractivity contribution in [2.24, 2.45) is 5.16 Å². The molecule has 0 saturated carbocycles. The predicted octanol–water partition coefficient (Wildman–Crippen LogP) is -0.304. The van der Waals surface area contributed by atoms with Gasteiger partial charge in [0.2, 0.25) is 6.61 Å². The van der Waals surface area contributed by atoms with E-state index in [9.17, 15) is 19.5 Å². The van der Waals surface area contributed by atoms with Crippen LogP contribution in [0.2, 0.25) is 0 Å². The Labute approximate surface area is 201 Å². The van der Waals surface area contributed by atoms with Crippen molar-refractivity contribution in [2.75, 3.05) is 18.1 Å². The number of rotatable bonds is 8. The molecule has 2 aromatic heterocycles. The van der Waals surface area contributed by atoms with Gasteiger partial charge in [-0.05, 0) is 0 Å². The molecule has 1 saturated heterocycles. The number of hydrogen-bond acceptors (Lipinski definition) is 10. The number of carbonyl (C=O) groups is 3. The third-order valence-electron chi connectivity index (χ3n) is 5.01. The second kappa shape index (κ2) is 9.89. The summed E-state index contributed by atoms with van der Waals surface area (Å²) in [7, 11) is 0. The van der Waals surface area contributed by atoms with Crippen molar-refractivity contribution >= 4 is 51.7 Å². The Morgan fingerprint density at radius 3 is 2.82 bits per heavy atom. The molecule has 2 atom stereocenters. The SMILES string of the molecule is N#CCON=C(C(=O)NC1C(=O)N2C(C(=O)O)=C(C[n+]3ccccc3)SCC12)c1csc(N)n1. The molecule has 4 N–H and O–H groups in total. The quantitative estimate of drug-likeness (QED) is 0.144. The Kier molecular flexibility index (Phi) is 6.75. The molecule has 2 aromatic rings. The molecular formula is C20H18N7O5S2+. The molecule has 0 spiro atoms. The molecule has 34 heavy (non-hydrogen) atoms. The van der Waals surface area contributed by atoms with Gasteiger partial charge < -0.3 is 21.0 Å². The number of allylic oxidation sites excluding steroid dienone is 1. The second-order valence-electron chi connectivity index (χ2n) is 7.10. The zero-order valence-electron chi connectivity index (χ0n) is 17.5. The number of aromatic nitrogens is 2. The summed E-state index contributed by atoms with van der Waals surface area (Å²) in [5, 5.41) is 26.4. The number of nitrogens with two attached hydrogens (primary N) is 1. The molecule has 2 aliphatic rings. The largest absolute Gasteiger partial charge is 0.477 e. The fourth-order valence-corrected chi connectivity index (χ4v) is 5.35. The number of nitrogen functional groups attached to an aromatic ring is 1. The molecule has 0 bridgehead atoms. The van der Waals surface area contributed by atoms with Gasteiger partial charge in [-0.25, -0.2) is 14.3 Å². The van der Waals surface area contributed by atoms with E-state index in [2.05, 4.69) is 15.5 Å². The average Bonchev–Trinajstić information content (AvgIpc) is 3.26. The Hall–Kier alpha value is -3.96. The predicted molar refractivity (Wildman–Crippen MR) is 121 cm³/mol. The highest BCUT2D eigenvalue weighted by molar-refractivity contribution is 8.03. The van der Waals surface area contributed by atoms with E-state index in [-0.39, 0.29) is 28.8 Å². The van der Waals surface area contributed by atoms with Crippen LogP contribution in [0.1, 0.15) is 5.69 Å². The summed E-state index contributed by atoms with van der Waals surface area (Å²) in [5.41, 5.74) is 5.43. The van der Waals surface area contributed by atoms with Crippen molar-refractivity contribution in [1.82, 2.24) is 15.2 Å². The first-order valence-electron chi connectivity index (χ1n) is 9.86. The van der Waals surface area contributed by atoms with Gasteiger partial charge in [0.15, 0.2) is 29.8 Å². The number of oxime groups is 1. The summed E-state index contributed by atoms with van der Waals surface area (Å²) in [6.07, 6.45) is 3.61. The van der Waals surface area contributed by atoms with Gasteiger partial charge in [-0.1, -0.05) is 11.2 Å². The van der Waals surface area contributed by atoms with Crippen LogP contribution in [-0.4, -0.2) is 62.9 Å². The Morgan fingerprint density at radius 2 is 2.18 bits per heavy atom. The number of pyridine rings is 1. The van der Waals surface area contributed by atoms with Gasteiger partial charge in [-0.15, -0.1) is 23.1 Å². The standard InChI is InChI=1S/C20H17N7O5S2/c21-4-7-32-25-14(11-9-34-20(22)23-11)17(28)24-15-12-10-33-13(8-26-5-2-1-3-6-26)16(19(30)31)27(12)18(15)29/h1-3,5-6,9,12,15H,7-8,10H2,(H3-,22,23,24,28,30,31)/p+1. The van der Waals surface area contributed by atoms with Crippen molar-refractivity contribution in [3.8, 4) is 6.07 Å². The van der Waals surface area contributed by atoms with E-state index in [0.29, 0.717) is 17.2 Å². The lowest BCUT2D eigenvalue weighted by Crippen LogP contribution is -2.73. The number of carboxylic acid groups (broad SMARTS) is 1. The topological polar surface area (TPSA) is 175 Å². The normalized spacial score (nSPS) is 19.7. The smallest absolute Gasteiger partial charge is 0.353 e. The Morgan fingerprint density at radius 1 is 1.41 bits per heavy atom. The fourth-order valence-electron chi connectivity index (χ4n) is 3.52. The third kappa shape index (κ3) is 4.56. The first-order chi connectivity index (χ1) is 16.4. The van der Waals surface area contributed by atoms with Gasteiger partial charge in [0, 0.05) is 23.3 Å². The number of β-lactam (4-membered cyclic amide) rings is 1. The number of amides is 2. The van der Waals surface area contributed by atoms with E-state index in [1.807, 2.05) is 22.8 Å². The number of carboxylic acids is 1. The number of nitrogens with zero attached hydrogens (tertiary/aromatic N) is 5. The minimum atomic E-state index is -1.22. The Balaban J connectivity index is 1.53. The van der Waals surface area contributed by atoms with Crippen LogP contribution in [0, 0.1) is 11.3 Å². The van der Waals surface area contributed by atoms with Gasteiger partial charge in [0.25, 0.3) is 11.8 Å². The summed E-state index contributed by atoms with van der Waals surface area (Å²) >= 11 is 2.41. The van der Waals surface area contributed by atoms with Crippen LogP contribution in [0.4, 0.5) is 5.13 Å². The lowest BCUT2D eigenvalue weighted by Gasteiger charge is -2.49. The maximum atomic E-state index is 12.9. The van der Waals surface area contributed by atoms with Crippen molar-refractivity contribution in [2.45, 2.75) is 18.6 Å². The molecule has 0 aromatic carbocycles. The molecule has 2 unspecified atom stereocenters. The van der Waals surface area contributed by atoms with Crippen LogP contribution in [0.25, 0.3) is 0 Å². The van der Waals surface area contributed by atoms with Crippen LogP contribution >= 0.6 is 23.1 Å². The summed E-state index contributed by atoms with van der Waals surface area (Å²) < 4.78 is 1.82. The number of anilines is 1. The summed E-state index contributed by atoms with van der Waals surface area (Å²) in [6, 6.07) is 5.75. The first-order valence-corrected chi connectivity index (χ1v) is 11.7. The number of thiazole rings is 1. The molecule has 4 rings (SSSR count). The lowest BCUT2D eigenvalue weighted by atomic mass is 9.94. The van der Waals surface area contributed by atoms with Gasteiger partial charge >= 0.3 is 5.97 Å². The number of nitriles is 1. The van der Waals surface area contributed by atoms with Crippen LogP contribution in [-0.2, 0) is 25.8 Å². The Bertz CT molecular complexity index is 1240. The van der Waals surface area contributed by atoms with Gasteiger partial charge in [0.1, 0.15) is 23.5 Å². The number of thioether (sulfide) groups is 1. The molecule has 12 nitrogen and oxygen atoms in total. The van der Waals surface area contributed by atoms with E-state index in [0.717, 1.165) is 11.3 Å². The summed E-state index contributed by atoms with van der Waals surface area (Å²) in [5.74, 6) is -2.11. The summed E-state index contributed by atoms with van der Waals surface area (Å²) in [6.45, 7) is -0.0836. The average molecular weight is 501 g/mol. The maximum absolute atomic E-state index is 12.9. The molecule has 1 fully saturated rings. The molecule has 0 aliphatic carbocycles. The van der Waals surface area contributed by atoms with Crippen molar-refractivity contribution in [3.63, 3.8) is 0 Å². The van der Waals surface area contributed by atoms with Crippen LogP contribution in [0.15, 0.2) is 51.7 Å². The fraction of sp³-hybridized carbons (Fsp3) is 0.250. The number of carbonyl (C=O) groups excluding carboxylic acids is 2. The monoisotopic (exact) mass is 500 g/mol. The highest BCUT2D eigenvalue weighted by Gasteiger charge is 2.54. The van der Waals surface area contributed by atoms with Gasteiger partial charge in [-0.2, -0.15) is 5.26 Å².